The van der Waals surface area contributed by atoms with E-state index in [-0.39, 0.29) is 45.8 Å². The first-order valence-corrected chi connectivity index (χ1v) is 17.4. The third kappa shape index (κ3) is 5.14. The third-order valence-electron chi connectivity index (χ3n) is 8.33. The molecule has 0 amide bonds. The van der Waals surface area contributed by atoms with Crippen LogP contribution in [0.2, 0.25) is 18.1 Å². The maximum absolute atomic E-state index is 14.6. The number of carbonyl (C=O) groups excluding carboxylic acids is 2. The van der Waals surface area contributed by atoms with Gasteiger partial charge in [-0.25, -0.2) is 0 Å². The Morgan fingerprint density at radius 2 is 1.87 bits per heavy atom. The third-order valence-corrected chi connectivity index (χ3v) is 14.0. The molecule has 0 saturated heterocycles. The monoisotopic (exact) mass is 558 g/mol. The van der Waals surface area contributed by atoms with E-state index in [0.29, 0.717) is 18.8 Å². The fourth-order valence-corrected chi connectivity index (χ4v) is 8.04. The van der Waals surface area contributed by atoms with Crippen molar-refractivity contribution < 1.29 is 23.3 Å². The molecular weight excluding hydrogens is 516 g/mol. The van der Waals surface area contributed by atoms with Crippen molar-refractivity contribution in [3.05, 3.63) is 41.7 Å². The van der Waals surface area contributed by atoms with E-state index in [9.17, 15) is 9.59 Å². The van der Waals surface area contributed by atoms with Crippen LogP contribution in [-0.2, 0) is 9.22 Å². The highest BCUT2D eigenvalue weighted by molar-refractivity contribution is 8.00. The molecule has 2 aliphatic carbocycles. The number of unbranched alkanes of at least 4 members (excludes halogenated alkanes) is 1. The van der Waals surface area contributed by atoms with Gasteiger partial charge in [-0.3, -0.25) is 14.5 Å². The van der Waals surface area contributed by atoms with Gasteiger partial charge in [-0.2, -0.15) is 0 Å². The van der Waals surface area contributed by atoms with E-state index in [1.165, 1.54) is 0 Å². The normalized spacial score (nSPS) is 25.9. The highest BCUT2D eigenvalue weighted by atomic mass is 32.2. The first-order valence-electron chi connectivity index (χ1n) is 13.6. The predicted molar refractivity (Wildman–Crippen MR) is 152 cm³/mol. The molecule has 2 aromatic rings. The molecule has 208 valence electrons. The Kier molecular flexibility index (Phi) is 8.34. The van der Waals surface area contributed by atoms with Gasteiger partial charge in [0.1, 0.15) is 5.56 Å². The number of fused-ring (bicyclic) bond motifs is 2. The number of Topliss-reactive ketones (excluding diaryl/α,β-unsaturated/α-hetero) is 2. The largest absolute Gasteiger partial charge is 0.475 e. The van der Waals surface area contributed by atoms with E-state index in [1.54, 1.807) is 11.8 Å². The molecule has 7 nitrogen and oxygen atoms in total. The summed E-state index contributed by atoms with van der Waals surface area (Å²) in [7, 11) is 1.35. The fourth-order valence-electron chi connectivity index (χ4n) is 5.33. The topological polar surface area (TPSA) is 81.9 Å². The number of nitrogens with zero attached hydrogens (tertiary/aromatic N) is 2. The van der Waals surface area contributed by atoms with Gasteiger partial charge in [0, 0.05) is 22.5 Å². The molecule has 2 aliphatic rings. The summed E-state index contributed by atoms with van der Waals surface area (Å²) in [6.45, 7) is 13.1. The summed E-state index contributed by atoms with van der Waals surface area (Å²) in [6.07, 6.45) is 2.69. The van der Waals surface area contributed by atoms with E-state index in [0.717, 1.165) is 17.7 Å². The van der Waals surface area contributed by atoms with E-state index < -0.39 is 19.8 Å². The van der Waals surface area contributed by atoms with Gasteiger partial charge in [-0.05, 0) is 62.4 Å². The maximum Gasteiger partial charge on any atom is 0.265 e. The number of benzene rings is 1. The molecule has 0 bridgehead atoms. The van der Waals surface area contributed by atoms with Crippen molar-refractivity contribution in [3.63, 3.8) is 0 Å². The highest BCUT2D eigenvalue weighted by Crippen LogP contribution is 2.56. The first kappa shape index (κ1) is 29.0. The lowest BCUT2D eigenvalue weighted by Crippen LogP contribution is -2.67. The minimum atomic E-state index is -2.56. The lowest BCUT2D eigenvalue weighted by atomic mass is 9.63. The first-order chi connectivity index (χ1) is 17.8. The molecule has 4 rings (SSSR count). The molecule has 0 spiro atoms. The molecule has 0 aliphatic heterocycles. The quantitative estimate of drug-likeness (QED) is 0.195. The van der Waals surface area contributed by atoms with Crippen LogP contribution < -0.4 is 4.74 Å². The van der Waals surface area contributed by atoms with Gasteiger partial charge in [0.2, 0.25) is 5.78 Å². The van der Waals surface area contributed by atoms with Crippen LogP contribution in [0.3, 0.4) is 0 Å². The molecule has 1 heterocycles. The summed E-state index contributed by atoms with van der Waals surface area (Å²) >= 11 is 1.70. The molecule has 9 heteroatoms. The van der Waals surface area contributed by atoms with Crippen molar-refractivity contribution in [2.75, 3.05) is 20.7 Å². The summed E-state index contributed by atoms with van der Waals surface area (Å²) in [5.41, 5.74) is -1.31. The molecule has 1 fully saturated rings. The zero-order valence-corrected chi connectivity index (χ0v) is 25.8. The van der Waals surface area contributed by atoms with Crippen LogP contribution in [0, 0.1) is 5.92 Å². The Morgan fingerprint density at radius 1 is 1.18 bits per heavy atom. The number of rotatable bonds is 9. The highest BCUT2D eigenvalue weighted by Gasteiger charge is 2.66. The molecule has 0 N–H and O–H groups in total. The van der Waals surface area contributed by atoms with Crippen molar-refractivity contribution in [1.29, 1.82) is 0 Å². The van der Waals surface area contributed by atoms with Crippen LogP contribution >= 0.6 is 11.8 Å². The number of thioether (sulfide) groups is 1. The van der Waals surface area contributed by atoms with E-state index >= 15 is 0 Å². The van der Waals surface area contributed by atoms with E-state index in [4.69, 9.17) is 13.7 Å². The lowest BCUT2D eigenvalue weighted by molar-refractivity contribution is -0.143. The van der Waals surface area contributed by atoms with Crippen molar-refractivity contribution >= 4 is 31.6 Å². The second-order valence-corrected chi connectivity index (χ2v) is 18.4. The second-order valence-electron chi connectivity index (χ2n) is 12.3. The number of hydrogen-bond donors (Lipinski definition) is 0. The SMILES string of the molecule is CCCCOc1noc2c1C(=O)[C@@]1(O[Si](C)(C)C(C)(C)C)C(=O)CC(Sc3ccccc3)C[C@H]1[C@@H]2N(C)C. The number of ether oxygens (including phenoxy) is 1. The summed E-state index contributed by atoms with van der Waals surface area (Å²) in [5, 5.41) is 4.02. The Labute approximate surface area is 232 Å². The Hall–Kier alpha value is -1.94. The lowest BCUT2D eigenvalue weighted by Gasteiger charge is -2.54. The van der Waals surface area contributed by atoms with Crippen molar-refractivity contribution in [2.45, 2.75) is 93.3 Å². The van der Waals surface area contributed by atoms with Crippen LogP contribution in [0.15, 0.2) is 39.8 Å². The van der Waals surface area contributed by atoms with Crippen molar-refractivity contribution in [1.82, 2.24) is 10.1 Å². The smallest absolute Gasteiger partial charge is 0.265 e. The van der Waals surface area contributed by atoms with Gasteiger partial charge in [-0.1, -0.05) is 52.3 Å². The van der Waals surface area contributed by atoms with Crippen LogP contribution in [0.25, 0.3) is 0 Å². The Morgan fingerprint density at radius 3 is 2.47 bits per heavy atom. The molecular formula is C29H42N2O5SSi. The van der Waals surface area contributed by atoms with Crippen LogP contribution in [0.4, 0.5) is 0 Å². The number of ketones is 2. The van der Waals surface area contributed by atoms with Crippen LogP contribution in [0.1, 0.15) is 75.5 Å². The molecule has 1 aromatic carbocycles. The molecule has 38 heavy (non-hydrogen) atoms. The van der Waals surface area contributed by atoms with Crippen LogP contribution in [0.5, 0.6) is 5.88 Å². The molecule has 1 unspecified atom stereocenters. The molecule has 1 saturated carbocycles. The van der Waals surface area contributed by atoms with Gasteiger partial charge in [0.15, 0.2) is 25.5 Å². The summed E-state index contributed by atoms with van der Waals surface area (Å²) in [6, 6.07) is 9.77. The fraction of sp³-hybridized carbons (Fsp3) is 0.621. The van der Waals surface area contributed by atoms with Crippen LogP contribution in [-0.4, -0.2) is 61.5 Å². The Bertz CT molecular complexity index is 1160. The van der Waals surface area contributed by atoms with E-state index in [1.807, 2.05) is 37.2 Å². The zero-order valence-electron chi connectivity index (χ0n) is 24.0. The van der Waals surface area contributed by atoms with Crippen molar-refractivity contribution in [3.8, 4) is 5.88 Å². The van der Waals surface area contributed by atoms with Gasteiger partial charge in [0.05, 0.1) is 12.6 Å². The average molecular weight is 559 g/mol. The van der Waals surface area contributed by atoms with Gasteiger partial charge in [0.25, 0.3) is 5.88 Å². The number of aromatic nitrogens is 1. The summed E-state index contributed by atoms with van der Waals surface area (Å²) in [5.74, 6) is -0.248. The molecule has 4 atom stereocenters. The predicted octanol–water partition coefficient (Wildman–Crippen LogP) is 6.55. The van der Waals surface area contributed by atoms with Crippen molar-refractivity contribution in [2.24, 2.45) is 5.92 Å². The van der Waals surface area contributed by atoms with Gasteiger partial charge in [-0.15, -0.1) is 11.8 Å². The standard InChI is InChI=1S/C29H42N2O5SSi/c1-9-10-16-34-27-23-25(35-30-27)24(31(5)6)21-17-20(37-19-14-12-11-13-15-19)18-22(32)29(21,26(23)33)36-38(7,8)28(2,3)4/h11-15,20-21,24H,9-10,16-18H2,1-8H3/t20?,21-,24-,29-/m0/s1. The summed E-state index contributed by atoms with van der Waals surface area (Å²) in [4.78, 5) is 32.1. The zero-order chi connectivity index (χ0) is 27.9. The average Bonchev–Trinajstić information content (AvgIpc) is 3.24. The number of carbonyl (C=O) groups is 2. The van der Waals surface area contributed by atoms with E-state index in [2.05, 4.69) is 58.1 Å². The van der Waals surface area contributed by atoms with Gasteiger partial charge >= 0.3 is 0 Å². The molecule has 1 aromatic heterocycles. The minimum Gasteiger partial charge on any atom is -0.475 e. The summed E-state index contributed by atoms with van der Waals surface area (Å²) < 4.78 is 18.8. The molecule has 0 radical (unpaired) electrons. The maximum atomic E-state index is 14.6. The van der Waals surface area contributed by atoms with Gasteiger partial charge < -0.3 is 13.7 Å². The number of hydrogen-bond acceptors (Lipinski definition) is 8. The minimum absolute atomic E-state index is 0.0195. The Balaban J connectivity index is 1.85. The second kappa shape index (κ2) is 10.9.